The molecule has 1 aromatic heterocycles. The summed E-state index contributed by atoms with van der Waals surface area (Å²) < 4.78 is 12.1. The number of hydrogen-bond donors (Lipinski definition) is 2. The molecule has 0 fully saturated rings. The number of carbonyl (C=O) groups excluding carboxylic acids is 1. The van der Waals surface area contributed by atoms with Crippen LogP contribution in [0.15, 0.2) is 24.5 Å². The largest absolute Gasteiger partial charge is 0.322 e. The molecule has 6 nitrogen and oxygen atoms in total. The Balaban J connectivity index is 2.83. The average Bonchev–Trinajstić information content (AvgIpc) is 2.28. The second-order valence-electron chi connectivity index (χ2n) is 4.03. The van der Waals surface area contributed by atoms with E-state index < -0.39 is 12.9 Å². The molecule has 0 aliphatic heterocycles. The van der Waals surface area contributed by atoms with Crippen molar-refractivity contribution in [3.63, 3.8) is 0 Å². The van der Waals surface area contributed by atoms with Crippen LogP contribution in [0.1, 0.15) is 11.3 Å². The smallest absolute Gasteiger partial charge is 0.234 e. The van der Waals surface area contributed by atoms with Gasteiger partial charge in [0, 0.05) is 12.4 Å². The topological polar surface area (TPSA) is 82.5 Å². The summed E-state index contributed by atoms with van der Waals surface area (Å²) in [6.45, 7) is 3.19. The van der Waals surface area contributed by atoms with E-state index in [2.05, 4.69) is 10.3 Å². The molecule has 0 bridgehead atoms. The van der Waals surface area contributed by atoms with E-state index in [4.69, 9.17) is 5.21 Å². The molecule has 1 amide bonds. The van der Waals surface area contributed by atoms with Gasteiger partial charge in [-0.3, -0.25) is 20.3 Å². The van der Waals surface area contributed by atoms with Crippen LogP contribution < -0.4 is 5.32 Å². The predicted molar refractivity (Wildman–Crippen MR) is 64.1 cm³/mol. The highest BCUT2D eigenvalue weighted by Gasteiger charge is 2.24. The van der Waals surface area contributed by atoms with Gasteiger partial charge in [0.1, 0.15) is 7.14 Å². The zero-order chi connectivity index (χ0) is 12.9. The van der Waals surface area contributed by atoms with E-state index in [1.54, 1.807) is 37.9 Å². The van der Waals surface area contributed by atoms with E-state index in [9.17, 15) is 9.36 Å². The van der Waals surface area contributed by atoms with Crippen LogP contribution in [0.3, 0.4) is 0 Å². The summed E-state index contributed by atoms with van der Waals surface area (Å²) in [6, 6.07) is 3.54. The number of pyridine rings is 1. The molecule has 0 spiro atoms. The Morgan fingerprint density at radius 2 is 2.35 bits per heavy atom. The average molecular weight is 257 g/mol. The normalized spacial score (nSPS) is 13.1. The van der Waals surface area contributed by atoms with Crippen molar-refractivity contribution in [1.82, 2.24) is 15.4 Å². The van der Waals surface area contributed by atoms with Gasteiger partial charge in [0.25, 0.3) is 0 Å². The van der Waals surface area contributed by atoms with E-state index in [1.807, 2.05) is 0 Å². The van der Waals surface area contributed by atoms with Crippen LogP contribution in [0, 0.1) is 0 Å². The van der Waals surface area contributed by atoms with Crippen LogP contribution in [0.5, 0.6) is 0 Å². The molecule has 94 valence electrons. The van der Waals surface area contributed by atoms with Crippen molar-refractivity contribution in [2.45, 2.75) is 5.78 Å². The van der Waals surface area contributed by atoms with Gasteiger partial charge in [-0.2, -0.15) is 0 Å². The van der Waals surface area contributed by atoms with Gasteiger partial charge >= 0.3 is 0 Å². The van der Waals surface area contributed by atoms with Crippen LogP contribution in [-0.2, 0) is 9.36 Å². The van der Waals surface area contributed by atoms with E-state index in [0.717, 1.165) is 5.56 Å². The lowest BCUT2D eigenvalue weighted by atomic mass is 10.3. The first-order valence-corrected chi connectivity index (χ1v) is 7.71. The second-order valence-corrected chi connectivity index (χ2v) is 7.41. The molecule has 17 heavy (non-hydrogen) atoms. The standard InChI is InChI=1S/C10H16N3O3P/c1-17(2,16)10(12-7-13(15)8-14)9-4-3-5-11-6-9/h3-6,8,10,12,15H,7H2,1-2H3. The molecule has 0 radical (unpaired) electrons. The van der Waals surface area contributed by atoms with Crippen molar-refractivity contribution >= 4 is 13.6 Å². The van der Waals surface area contributed by atoms with Gasteiger partial charge in [-0.25, -0.2) is 5.06 Å². The number of carbonyl (C=O) groups is 1. The van der Waals surface area contributed by atoms with Crippen molar-refractivity contribution in [3.8, 4) is 0 Å². The Kier molecular flexibility index (Phi) is 4.81. The van der Waals surface area contributed by atoms with E-state index in [0.29, 0.717) is 5.06 Å². The second kappa shape index (κ2) is 5.91. The molecule has 0 saturated carbocycles. The zero-order valence-electron chi connectivity index (χ0n) is 9.78. The minimum Gasteiger partial charge on any atom is -0.322 e. The molecular formula is C10H16N3O3P. The molecule has 0 aromatic carbocycles. The van der Waals surface area contributed by atoms with Gasteiger partial charge in [0.15, 0.2) is 0 Å². The van der Waals surface area contributed by atoms with E-state index >= 15 is 0 Å². The number of hydroxylamine groups is 2. The molecule has 1 unspecified atom stereocenters. The molecule has 1 heterocycles. The molecular weight excluding hydrogens is 241 g/mol. The number of nitrogens with zero attached hydrogens (tertiary/aromatic N) is 2. The number of hydrogen-bond acceptors (Lipinski definition) is 5. The quantitative estimate of drug-likeness (QED) is 0.262. The van der Waals surface area contributed by atoms with Crippen LogP contribution in [0.25, 0.3) is 0 Å². The number of amides is 1. The molecule has 1 atom stereocenters. The minimum atomic E-state index is -2.47. The van der Waals surface area contributed by atoms with Crippen molar-refractivity contribution in [1.29, 1.82) is 0 Å². The molecule has 1 aromatic rings. The van der Waals surface area contributed by atoms with Crippen LogP contribution in [0.2, 0.25) is 0 Å². The van der Waals surface area contributed by atoms with Crippen LogP contribution >= 0.6 is 7.14 Å². The first-order valence-electron chi connectivity index (χ1n) is 5.04. The summed E-state index contributed by atoms with van der Waals surface area (Å²) in [5.74, 6) is -0.439. The fourth-order valence-corrected chi connectivity index (χ4v) is 2.84. The number of nitrogens with one attached hydrogen (secondary N) is 1. The van der Waals surface area contributed by atoms with Crippen LogP contribution in [0.4, 0.5) is 0 Å². The Morgan fingerprint density at radius 1 is 1.65 bits per heavy atom. The third-order valence-electron chi connectivity index (χ3n) is 2.19. The first-order chi connectivity index (χ1) is 7.95. The molecule has 1 rings (SSSR count). The highest BCUT2D eigenvalue weighted by molar-refractivity contribution is 7.62. The lowest BCUT2D eigenvalue weighted by Gasteiger charge is -2.24. The van der Waals surface area contributed by atoms with Gasteiger partial charge in [-0.05, 0) is 25.0 Å². The summed E-state index contributed by atoms with van der Waals surface area (Å²) in [6.07, 6.45) is 3.52. The monoisotopic (exact) mass is 257 g/mol. The fraction of sp³-hybridized carbons (Fsp3) is 0.400. The zero-order valence-corrected chi connectivity index (χ0v) is 10.7. The summed E-state index contributed by atoms with van der Waals surface area (Å²) in [5, 5.41) is 12.3. The highest BCUT2D eigenvalue weighted by atomic mass is 31.2. The maximum Gasteiger partial charge on any atom is 0.234 e. The Morgan fingerprint density at radius 3 is 2.82 bits per heavy atom. The molecule has 2 N–H and O–H groups in total. The Labute approximate surface area is 100.0 Å². The summed E-state index contributed by atoms with van der Waals surface area (Å²) in [5.41, 5.74) is 0.764. The van der Waals surface area contributed by atoms with Gasteiger partial charge < -0.3 is 4.57 Å². The maximum atomic E-state index is 12.1. The summed E-state index contributed by atoms with van der Waals surface area (Å²) in [4.78, 5) is 14.2. The maximum absolute atomic E-state index is 12.1. The van der Waals surface area contributed by atoms with E-state index in [-0.39, 0.29) is 13.1 Å². The summed E-state index contributed by atoms with van der Waals surface area (Å²) >= 11 is 0. The van der Waals surface area contributed by atoms with Gasteiger partial charge in [0.05, 0.1) is 12.5 Å². The number of rotatable bonds is 6. The molecule has 0 aliphatic carbocycles. The van der Waals surface area contributed by atoms with Crippen molar-refractivity contribution in [3.05, 3.63) is 30.1 Å². The minimum absolute atomic E-state index is 0.0886. The predicted octanol–water partition coefficient (Wildman–Crippen LogP) is 1.10. The third-order valence-corrected chi connectivity index (χ3v) is 3.91. The van der Waals surface area contributed by atoms with Gasteiger partial charge in [-0.15, -0.1) is 0 Å². The third kappa shape index (κ3) is 4.26. The Hall–Kier alpha value is -1.23. The lowest BCUT2D eigenvalue weighted by molar-refractivity contribution is -0.151. The van der Waals surface area contributed by atoms with Crippen LogP contribution in [-0.4, -0.2) is 41.7 Å². The first kappa shape index (κ1) is 13.8. The molecule has 7 heteroatoms. The van der Waals surface area contributed by atoms with Gasteiger partial charge in [0.2, 0.25) is 6.41 Å². The summed E-state index contributed by atoms with van der Waals surface area (Å²) in [7, 11) is -2.47. The van der Waals surface area contributed by atoms with E-state index in [1.165, 1.54) is 0 Å². The lowest BCUT2D eigenvalue weighted by Crippen LogP contribution is -2.33. The van der Waals surface area contributed by atoms with Gasteiger partial charge in [-0.1, -0.05) is 6.07 Å². The SMILES string of the molecule is CP(C)(=O)C(NCN(O)C=O)c1cccnc1. The highest BCUT2D eigenvalue weighted by Crippen LogP contribution is 2.50. The number of aromatic nitrogens is 1. The van der Waals surface area contributed by atoms with Crippen molar-refractivity contribution < 1.29 is 14.6 Å². The van der Waals surface area contributed by atoms with Crippen molar-refractivity contribution in [2.75, 3.05) is 20.0 Å². The molecule has 0 saturated heterocycles. The fourth-order valence-electron chi connectivity index (χ4n) is 1.45. The Bertz CT molecular complexity index is 407. The van der Waals surface area contributed by atoms with Crippen molar-refractivity contribution in [2.24, 2.45) is 0 Å². The molecule has 0 aliphatic rings.